The molecule has 2 aromatic carbocycles. The third kappa shape index (κ3) is 6.11. The van der Waals surface area contributed by atoms with Gasteiger partial charge in [0.05, 0.1) is 24.0 Å². The van der Waals surface area contributed by atoms with E-state index in [1.165, 1.54) is 7.11 Å². The van der Waals surface area contributed by atoms with Crippen LogP contribution in [0.25, 0.3) is 0 Å². The van der Waals surface area contributed by atoms with Crippen LogP contribution >= 0.6 is 12.2 Å². The van der Waals surface area contributed by atoms with Gasteiger partial charge < -0.3 is 25.2 Å². The Morgan fingerprint density at radius 3 is 2.18 bits per heavy atom. The number of anilines is 2. The molecule has 1 fully saturated rings. The van der Waals surface area contributed by atoms with Crippen molar-refractivity contribution in [2.75, 3.05) is 43.5 Å². The number of thiocarbonyl (C=S) groups is 1. The van der Waals surface area contributed by atoms with Gasteiger partial charge in [-0.15, -0.1) is 0 Å². The van der Waals surface area contributed by atoms with Crippen LogP contribution in [0, 0.1) is 5.41 Å². The largest absolute Gasteiger partial charge is 0.465 e. The number of nitrogens with one attached hydrogen (secondary N) is 2. The summed E-state index contributed by atoms with van der Waals surface area (Å²) in [5.41, 5.74) is 1.80. The van der Waals surface area contributed by atoms with Crippen molar-refractivity contribution in [3.63, 3.8) is 0 Å². The summed E-state index contributed by atoms with van der Waals surface area (Å²) in [5.74, 6) is -0.688. The third-order valence-electron chi connectivity index (χ3n) is 5.50. The highest BCUT2D eigenvalue weighted by atomic mass is 32.1. The zero-order valence-electron chi connectivity index (χ0n) is 19.9. The summed E-state index contributed by atoms with van der Waals surface area (Å²) in [5, 5.41) is 5.89. The number of ether oxygens (including phenoxy) is 1. The van der Waals surface area contributed by atoms with Gasteiger partial charge in [0.15, 0.2) is 5.11 Å². The molecule has 8 nitrogen and oxygen atoms in total. The Balaban J connectivity index is 1.77. The van der Waals surface area contributed by atoms with Crippen molar-refractivity contribution in [2.45, 2.75) is 20.8 Å². The molecule has 0 radical (unpaired) electrons. The maximum absolute atomic E-state index is 12.8. The zero-order valence-corrected chi connectivity index (χ0v) is 20.7. The molecule has 1 saturated heterocycles. The number of carbonyl (C=O) groups excluding carboxylic acids is 3. The van der Waals surface area contributed by atoms with E-state index in [0.29, 0.717) is 43.0 Å². The number of hydrogen-bond donors (Lipinski definition) is 2. The number of nitrogens with zero attached hydrogens (tertiary/aromatic N) is 2. The average molecular weight is 483 g/mol. The molecule has 0 unspecified atom stereocenters. The van der Waals surface area contributed by atoms with Gasteiger partial charge in [0, 0.05) is 37.2 Å². The number of piperazine rings is 1. The van der Waals surface area contributed by atoms with Crippen LogP contribution in [0.4, 0.5) is 11.4 Å². The van der Waals surface area contributed by atoms with Gasteiger partial charge >= 0.3 is 5.97 Å². The van der Waals surface area contributed by atoms with E-state index in [1.807, 2.05) is 41.3 Å². The molecule has 0 spiro atoms. The number of benzene rings is 2. The predicted molar refractivity (Wildman–Crippen MR) is 136 cm³/mol. The second-order valence-electron chi connectivity index (χ2n) is 9.03. The van der Waals surface area contributed by atoms with E-state index in [9.17, 15) is 14.4 Å². The van der Waals surface area contributed by atoms with Gasteiger partial charge in [-0.05, 0) is 42.5 Å². The average Bonchev–Trinajstić information content (AvgIpc) is 2.83. The summed E-state index contributed by atoms with van der Waals surface area (Å²) in [7, 11) is 1.32. The van der Waals surface area contributed by atoms with Crippen LogP contribution in [0.1, 0.15) is 41.5 Å². The Morgan fingerprint density at radius 1 is 0.941 bits per heavy atom. The molecule has 3 rings (SSSR count). The van der Waals surface area contributed by atoms with Gasteiger partial charge in [-0.2, -0.15) is 0 Å². The quantitative estimate of drug-likeness (QED) is 0.510. The number of hydrogen-bond acceptors (Lipinski definition) is 6. The van der Waals surface area contributed by atoms with E-state index in [1.54, 1.807) is 32.9 Å². The van der Waals surface area contributed by atoms with Crippen LogP contribution in [-0.4, -0.2) is 61.1 Å². The molecular weight excluding hydrogens is 452 g/mol. The lowest BCUT2D eigenvalue weighted by molar-refractivity contribution is -0.126. The number of esters is 1. The van der Waals surface area contributed by atoms with Crippen LogP contribution in [-0.2, 0) is 9.53 Å². The van der Waals surface area contributed by atoms with Gasteiger partial charge in [-0.3, -0.25) is 9.59 Å². The number of methoxy groups -OCH3 is 1. The van der Waals surface area contributed by atoms with Gasteiger partial charge in [0.2, 0.25) is 5.91 Å². The molecule has 1 heterocycles. The number of amides is 2. The molecule has 2 aromatic rings. The van der Waals surface area contributed by atoms with Gasteiger partial charge in [0.1, 0.15) is 0 Å². The SMILES string of the molecule is COC(=O)c1ccc(N2CCN(C(=O)c3ccccc3)CC2)c(NC(=S)NC(=O)C(C)(C)C)c1. The minimum absolute atomic E-state index is 0.00529. The van der Waals surface area contributed by atoms with Crippen molar-refractivity contribution in [1.82, 2.24) is 10.2 Å². The Bertz CT molecular complexity index is 1070. The Labute approximate surface area is 205 Å². The van der Waals surface area contributed by atoms with Crippen LogP contribution in [0.2, 0.25) is 0 Å². The third-order valence-corrected chi connectivity index (χ3v) is 5.71. The van der Waals surface area contributed by atoms with Gasteiger partial charge in [0.25, 0.3) is 5.91 Å². The fourth-order valence-corrected chi connectivity index (χ4v) is 3.72. The van der Waals surface area contributed by atoms with Crippen LogP contribution in [0.3, 0.4) is 0 Å². The first-order valence-electron chi connectivity index (χ1n) is 11.0. The van der Waals surface area contributed by atoms with Crippen molar-refractivity contribution >= 4 is 46.5 Å². The molecular formula is C25H30N4O4S. The normalized spacial score (nSPS) is 13.8. The minimum atomic E-state index is -0.607. The second kappa shape index (κ2) is 10.6. The molecule has 2 amide bonds. The van der Waals surface area contributed by atoms with E-state index in [2.05, 4.69) is 15.5 Å². The van der Waals surface area contributed by atoms with Crippen molar-refractivity contribution < 1.29 is 19.1 Å². The molecule has 180 valence electrons. The number of carbonyl (C=O) groups is 3. The highest BCUT2D eigenvalue weighted by Crippen LogP contribution is 2.29. The van der Waals surface area contributed by atoms with Gasteiger partial charge in [-0.1, -0.05) is 39.0 Å². The molecule has 0 saturated carbocycles. The monoisotopic (exact) mass is 482 g/mol. The van der Waals surface area contributed by atoms with E-state index >= 15 is 0 Å². The smallest absolute Gasteiger partial charge is 0.337 e. The maximum atomic E-state index is 12.8. The van der Waals surface area contributed by atoms with Crippen LogP contribution in [0.5, 0.6) is 0 Å². The van der Waals surface area contributed by atoms with Crippen molar-refractivity contribution in [2.24, 2.45) is 5.41 Å². The first-order chi connectivity index (χ1) is 16.1. The summed E-state index contributed by atoms with van der Waals surface area (Å²) in [4.78, 5) is 41.1. The summed E-state index contributed by atoms with van der Waals surface area (Å²) >= 11 is 5.36. The summed E-state index contributed by atoms with van der Waals surface area (Å²) in [6, 6.07) is 14.4. The first-order valence-corrected chi connectivity index (χ1v) is 11.4. The van der Waals surface area contributed by atoms with Crippen LogP contribution < -0.4 is 15.5 Å². The Kier molecular flexibility index (Phi) is 7.88. The molecule has 0 aromatic heterocycles. The molecule has 2 N–H and O–H groups in total. The van der Waals surface area contributed by atoms with E-state index in [4.69, 9.17) is 17.0 Å². The molecule has 0 aliphatic carbocycles. The highest BCUT2D eigenvalue weighted by molar-refractivity contribution is 7.80. The lowest BCUT2D eigenvalue weighted by Crippen LogP contribution is -2.49. The van der Waals surface area contributed by atoms with Crippen molar-refractivity contribution in [1.29, 1.82) is 0 Å². The molecule has 0 bridgehead atoms. The topological polar surface area (TPSA) is 91.0 Å². The standard InChI is InChI=1S/C25H30N4O4S/c1-25(2,3)23(32)27-24(34)26-19-16-18(22(31)33-4)10-11-20(19)28-12-14-29(15-13-28)21(30)17-8-6-5-7-9-17/h5-11,16H,12-15H2,1-4H3,(H2,26,27,32,34). The Morgan fingerprint density at radius 2 is 1.59 bits per heavy atom. The lowest BCUT2D eigenvalue weighted by Gasteiger charge is -2.37. The zero-order chi connectivity index (χ0) is 24.9. The van der Waals surface area contributed by atoms with Crippen molar-refractivity contribution in [3.05, 3.63) is 59.7 Å². The summed E-state index contributed by atoms with van der Waals surface area (Å²) in [6.07, 6.45) is 0. The second-order valence-corrected chi connectivity index (χ2v) is 9.44. The molecule has 1 aliphatic heterocycles. The maximum Gasteiger partial charge on any atom is 0.337 e. The fraction of sp³-hybridized carbons (Fsp3) is 0.360. The van der Waals surface area contributed by atoms with Crippen LogP contribution in [0.15, 0.2) is 48.5 Å². The molecule has 34 heavy (non-hydrogen) atoms. The van der Waals surface area contributed by atoms with Crippen molar-refractivity contribution in [3.8, 4) is 0 Å². The van der Waals surface area contributed by atoms with E-state index in [-0.39, 0.29) is 16.9 Å². The minimum Gasteiger partial charge on any atom is -0.465 e. The summed E-state index contributed by atoms with van der Waals surface area (Å²) in [6.45, 7) is 7.70. The fourth-order valence-electron chi connectivity index (χ4n) is 3.51. The molecule has 0 atom stereocenters. The van der Waals surface area contributed by atoms with Gasteiger partial charge in [-0.25, -0.2) is 4.79 Å². The Hall–Kier alpha value is -3.46. The predicted octanol–water partition coefficient (Wildman–Crippen LogP) is 3.29. The highest BCUT2D eigenvalue weighted by Gasteiger charge is 2.25. The van der Waals surface area contributed by atoms with E-state index < -0.39 is 11.4 Å². The lowest BCUT2D eigenvalue weighted by atomic mass is 9.96. The summed E-state index contributed by atoms with van der Waals surface area (Å²) < 4.78 is 4.85. The molecule has 9 heteroatoms. The van der Waals surface area contributed by atoms with E-state index in [0.717, 1.165) is 5.69 Å². The molecule has 1 aliphatic rings. The first kappa shape index (κ1) is 25.2. The number of rotatable bonds is 4.